The van der Waals surface area contributed by atoms with Gasteiger partial charge in [-0.2, -0.15) is 0 Å². The normalized spacial score (nSPS) is 12.3. The Hall–Kier alpha value is -6.84. The van der Waals surface area contributed by atoms with Crippen LogP contribution in [0.3, 0.4) is 0 Å². The molecule has 0 saturated heterocycles. The van der Waals surface area contributed by atoms with Crippen LogP contribution in [0.1, 0.15) is 0 Å². The van der Waals surface area contributed by atoms with Gasteiger partial charge in [-0.25, -0.2) is 0 Å². The number of hydrogen-bond donors (Lipinski definition) is 0. The predicted octanol–water partition coefficient (Wildman–Crippen LogP) is 13.2. The highest BCUT2D eigenvalue weighted by molar-refractivity contribution is 6.27. The number of para-hydroxylation sites is 3. The Labute approximate surface area is 291 Å². The Morgan fingerprint density at radius 3 is 1.61 bits per heavy atom. The van der Waals surface area contributed by atoms with E-state index in [1.54, 1.807) is 0 Å². The molecule has 0 aliphatic carbocycles. The van der Waals surface area contributed by atoms with Crippen LogP contribution in [0.4, 0.5) is 0 Å². The van der Waals surface area contributed by atoms with Crippen molar-refractivity contribution in [2.24, 2.45) is 0 Å². The van der Waals surface area contributed by atoms with E-state index < -0.39 is 0 Å². The van der Waals surface area contributed by atoms with E-state index in [1.165, 1.54) is 64.9 Å². The second-order valence-electron chi connectivity index (χ2n) is 13.7. The third-order valence-electron chi connectivity index (χ3n) is 11.1. The first-order valence-corrected chi connectivity index (χ1v) is 17.5. The zero-order valence-electron chi connectivity index (χ0n) is 27.5. The average Bonchev–Trinajstić information content (AvgIpc) is 3.85. The van der Waals surface area contributed by atoms with Crippen LogP contribution in [-0.2, 0) is 0 Å². The summed E-state index contributed by atoms with van der Waals surface area (Å²) in [6, 6.07) is 61.8. The van der Waals surface area contributed by atoms with Gasteiger partial charge in [-0.3, -0.25) is 0 Å². The lowest BCUT2D eigenvalue weighted by Gasteiger charge is -2.14. The van der Waals surface area contributed by atoms with E-state index in [4.69, 9.17) is 4.42 Å². The number of aromatic nitrogens is 2. The smallest absolute Gasteiger partial charge is 0.160 e. The lowest BCUT2D eigenvalue weighted by atomic mass is 9.94. The maximum Gasteiger partial charge on any atom is 0.160 e. The summed E-state index contributed by atoms with van der Waals surface area (Å²) in [6.07, 6.45) is 0. The summed E-state index contributed by atoms with van der Waals surface area (Å²) in [5.74, 6) is 0. The van der Waals surface area contributed by atoms with Gasteiger partial charge in [0.1, 0.15) is 5.58 Å². The minimum Gasteiger partial charge on any atom is -0.454 e. The van der Waals surface area contributed by atoms with Crippen molar-refractivity contribution in [2.75, 3.05) is 0 Å². The number of furan rings is 1. The summed E-state index contributed by atoms with van der Waals surface area (Å²) in [7, 11) is 0. The molecular weight excluding hydrogens is 621 g/mol. The van der Waals surface area contributed by atoms with Crippen molar-refractivity contribution >= 4 is 97.9 Å². The SMILES string of the molecule is c1ccc(-n2c3cc4c(cc3c3ccc5c6ccccc6oc5c32)c2ccccc2n4-c2ccc3c4ccccc4c4ccccc4c3c2)cc1. The molecule has 0 aliphatic rings. The first kappa shape index (κ1) is 27.0. The third kappa shape index (κ3) is 3.57. The zero-order chi connectivity index (χ0) is 33.2. The number of hydrogen-bond acceptors (Lipinski definition) is 1. The van der Waals surface area contributed by atoms with E-state index >= 15 is 0 Å². The van der Waals surface area contributed by atoms with Gasteiger partial charge in [-0.1, -0.05) is 115 Å². The molecule has 0 radical (unpaired) electrons. The molecule has 0 N–H and O–H groups in total. The minimum absolute atomic E-state index is 0.907. The van der Waals surface area contributed by atoms with E-state index in [-0.39, 0.29) is 0 Å². The quantitative estimate of drug-likeness (QED) is 0.171. The van der Waals surface area contributed by atoms with E-state index in [9.17, 15) is 0 Å². The van der Waals surface area contributed by atoms with Crippen molar-refractivity contribution in [2.45, 2.75) is 0 Å². The average molecular weight is 649 g/mol. The fourth-order valence-corrected chi connectivity index (χ4v) is 8.90. The van der Waals surface area contributed by atoms with Crippen LogP contribution in [0.25, 0.3) is 109 Å². The van der Waals surface area contributed by atoms with Gasteiger partial charge in [0, 0.05) is 43.7 Å². The molecule has 0 atom stereocenters. The van der Waals surface area contributed by atoms with Gasteiger partial charge in [0.2, 0.25) is 0 Å². The van der Waals surface area contributed by atoms with Gasteiger partial charge in [0.15, 0.2) is 5.58 Å². The van der Waals surface area contributed by atoms with Gasteiger partial charge in [-0.15, -0.1) is 0 Å². The number of fused-ring (bicyclic) bond motifs is 16. The predicted molar refractivity (Wildman–Crippen MR) is 215 cm³/mol. The van der Waals surface area contributed by atoms with E-state index in [0.717, 1.165) is 44.3 Å². The van der Waals surface area contributed by atoms with Gasteiger partial charge < -0.3 is 13.6 Å². The summed E-state index contributed by atoms with van der Waals surface area (Å²) in [6.45, 7) is 0. The largest absolute Gasteiger partial charge is 0.454 e. The zero-order valence-corrected chi connectivity index (χ0v) is 27.5. The first-order chi connectivity index (χ1) is 25.3. The summed E-state index contributed by atoms with van der Waals surface area (Å²) < 4.78 is 11.5. The topological polar surface area (TPSA) is 23.0 Å². The molecule has 0 unspecified atom stereocenters. The van der Waals surface area contributed by atoms with Crippen molar-refractivity contribution in [1.29, 1.82) is 0 Å². The molecule has 0 fully saturated rings. The highest BCUT2D eigenvalue weighted by Crippen LogP contribution is 2.44. The van der Waals surface area contributed by atoms with Crippen molar-refractivity contribution < 1.29 is 4.42 Å². The second kappa shape index (κ2) is 9.87. The van der Waals surface area contributed by atoms with Crippen LogP contribution in [-0.4, -0.2) is 9.13 Å². The van der Waals surface area contributed by atoms with Crippen molar-refractivity contribution in [3.05, 3.63) is 170 Å². The molecule has 3 heteroatoms. The fraction of sp³-hybridized carbons (Fsp3) is 0. The molecule has 0 amide bonds. The summed E-state index contributed by atoms with van der Waals surface area (Å²) >= 11 is 0. The van der Waals surface area contributed by atoms with E-state index in [0.29, 0.717) is 0 Å². The Balaban J connectivity index is 1.24. The monoisotopic (exact) mass is 648 g/mol. The summed E-state index contributed by atoms with van der Waals surface area (Å²) in [5, 5.41) is 14.8. The molecular formula is C48H28N2O. The molecule has 3 aromatic heterocycles. The summed E-state index contributed by atoms with van der Waals surface area (Å²) in [5.41, 5.74) is 8.69. The lowest BCUT2D eigenvalue weighted by Crippen LogP contribution is -1.96. The Bertz CT molecular complexity index is 3380. The van der Waals surface area contributed by atoms with Crippen LogP contribution in [0.5, 0.6) is 0 Å². The van der Waals surface area contributed by atoms with Gasteiger partial charge >= 0.3 is 0 Å². The first-order valence-electron chi connectivity index (χ1n) is 17.5. The molecule has 0 spiro atoms. The lowest BCUT2D eigenvalue weighted by molar-refractivity contribution is 0.671. The van der Waals surface area contributed by atoms with Crippen LogP contribution in [0.15, 0.2) is 174 Å². The van der Waals surface area contributed by atoms with Crippen LogP contribution in [0.2, 0.25) is 0 Å². The fourth-order valence-electron chi connectivity index (χ4n) is 8.90. The Kier molecular flexibility index (Phi) is 5.23. The van der Waals surface area contributed by atoms with Crippen molar-refractivity contribution in [1.82, 2.24) is 9.13 Å². The van der Waals surface area contributed by atoms with Crippen LogP contribution >= 0.6 is 0 Å². The molecule has 236 valence electrons. The van der Waals surface area contributed by atoms with Gasteiger partial charge in [0.25, 0.3) is 0 Å². The third-order valence-corrected chi connectivity index (χ3v) is 11.1. The molecule has 12 aromatic rings. The maximum absolute atomic E-state index is 6.68. The standard InChI is InChI=1S/C48H28N2O/c1-2-12-29(13-3-1)50-45-28-44-41(27-42(45)38-24-25-39-37-19-9-11-21-46(37)51-48(39)47(38)50)36-18-8-10-20-43(36)49(44)30-22-23-35-33-16-5-4-14-31(33)32-15-6-7-17-34(32)40(35)26-30/h1-28H. The minimum atomic E-state index is 0.907. The van der Waals surface area contributed by atoms with Crippen LogP contribution < -0.4 is 0 Å². The summed E-state index contributed by atoms with van der Waals surface area (Å²) in [4.78, 5) is 0. The molecule has 0 bridgehead atoms. The molecule has 12 rings (SSSR count). The van der Waals surface area contributed by atoms with Crippen molar-refractivity contribution in [3.8, 4) is 11.4 Å². The number of nitrogens with zero attached hydrogens (tertiary/aromatic N) is 2. The molecule has 51 heavy (non-hydrogen) atoms. The molecule has 3 heterocycles. The molecule has 0 saturated carbocycles. The molecule has 9 aromatic carbocycles. The van der Waals surface area contributed by atoms with E-state index in [2.05, 4.69) is 173 Å². The highest BCUT2D eigenvalue weighted by atomic mass is 16.3. The number of benzene rings is 9. The van der Waals surface area contributed by atoms with E-state index in [1.807, 2.05) is 6.07 Å². The molecule has 3 nitrogen and oxygen atoms in total. The van der Waals surface area contributed by atoms with Gasteiger partial charge in [0.05, 0.1) is 22.1 Å². The number of rotatable bonds is 2. The second-order valence-corrected chi connectivity index (χ2v) is 13.7. The Morgan fingerprint density at radius 1 is 0.294 bits per heavy atom. The Morgan fingerprint density at radius 2 is 0.843 bits per heavy atom. The molecule has 0 aliphatic heterocycles. The van der Waals surface area contributed by atoms with Crippen molar-refractivity contribution in [3.63, 3.8) is 0 Å². The maximum atomic E-state index is 6.68. The highest BCUT2D eigenvalue weighted by Gasteiger charge is 2.22. The van der Waals surface area contributed by atoms with Gasteiger partial charge in [-0.05, 0) is 86.9 Å². The van der Waals surface area contributed by atoms with Crippen LogP contribution in [0, 0.1) is 0 Å².